The minimum atomic E-state index is 0.0581. The highest BCUT2D eigenvalue weighted by Crippen LogP contribution is 1.98. The summed E-state index contributed by atoms with van der Waals surface area (Å²) >= 11 is 0. The molecule has 0 spiro atoms. The number of amides is 1. The average molecular weight is 229 g/mol. The van der Waals surface area contributed by atoms with E-state index < -0.39 is 0 Å². The number of fused-ring (bicyclic) bond motifs is 1. The number of rotatable bonds is 6. The van der Waals surface area contributed by atoms with Crippen molar-refractivity contribution >= 4 is 18.1 Å². The van der Waals surface area contributed by atoms with E-state index in [1.807, 2.05) is 30.4 Å². The first-order chi connectivity index (χ1) is 8.33. The van der Waals surface area contributed by atoms with Gasteiger partial charge in [-0.1, -0.05) is 50.5 Å². The lowest BCUT2D eigenvalue weighted by atomic mass is 10.0. The van der Waals surface area contributed by atoms with Crippen molar-refractivity contribution in [1.29, 1.82) is 0 Å². The Kier molecular flexibility index (Phi) is 3.97. The molecule has 0 bridgehead atoms. The summed E-state index contributed by atoms with van der Waals surface area (Å²) < 4.78 is 0. The quantitative estimate of drug-likeness (QED) is 0.737. The lowest BCUT2D eigenvalue weighted by Gasteiger charge is -2.08. The number of nitrogens with one attached hydrogen (secondary N) is 1. The second-order valence-electron chi connectivity index (χ2n) is 4.46. The normalized spacial score (nSPS) is 11.8. The van der Waals surface area contributed by atoms with Crippen LogP contribution in [0.1, 0.15) is 43.0 Å². The highest BCUT2D eigenvalue weighted by molar-refractivity contribution is 5.96. The van der Waals surface area contributed by atoms with Gasteiger partial charge in [-0.3, -0.25) is 4.79 Å². The third-order valence-corrected chi connectivity index (χ3v) is 3.13. The van der Waals surface area contributed by atoms with Crippen LogP contribution in [0.5, 0.6) is 0 Å². The molecule has 0 aromatic heterocycles. The van der Waals surface area contributed by atoms with Gasteiger partial charge in [0.25, 0.3) is 5.91 Å². The zero-order valence-corrected chi connectivity index (χ0v) is 10.3. The van der Waals surface area contributed by atoms with E-state index in [9.17, 15) is 4.79 Å². The topological polar surface area (TPSA) is 29.1 Å². The number of carbonyl (C=O) groups excluding carboxylic acids is 1. The lowest BCUT2D eigenvalue weighted by Crippen LogP contribution is -2.39. The van der Waals surface area contributed by atoms with Crippen LogP contribution in [0.4, 0.5) is 0 Å². The maximum Gasteiger partial charge on any atom is 0.251 e. The smallest absolute Gasteiger partial charge is 0.251 e. The fraction of sp³-hybridized carbons (Fsp3) is 0.400. The molecule has 0 unspecified atom stereocenters. The molecule has 1 amide bonds. The van der Waals surface area contributed by atoms with Crippen molar-refractivity contribution in [2.45, 2.75) is 32.6 Å². The van der Waals surface area contributed by atoms with Crippen molar-refractivity contribution in [3.63, 3.8) is 0 Å². The molecule has 1 aromatic carbocycles. The van der Waals surface area contributed by atoms with Gasteiger partial charge in [-0.15, -0.1) is 0 Å². The van der Waals surface area contributed by atoms with Crippen LogP contribution in [-0.2, 0) is 0 Å². The number of carbonyl (C=O) groups is 1. The van der Waals surface area contributed by atoms with Gasteiger partial charge in [-0.05, 0) is 22.9 Å². The molecule has 1 aromatic rings. The summed E-state index contributed by atoms with van der Waals surface area (Å²) in [4.78, 5) is 11.9. The van der Waals surface area contributed by atoms with E-state index in [1.54, 1.807) is 0 Å². The summed E-state index contributed by atoms with van der Waals surface area (Å²) in [5.74, 6) is 0.0581. The number of hydrogen-bond acceptors (Lipinski definition) is 1. The Balaban J connectivity index is 1.87. The van der Waals surface area contributed by atoms with E-state index in [-0.39, 0.29) is 5.91 Å². The van der Waals surface area contributed by atoms with E-state index in [0.29, 0.717) is 0 Å². The molecule has 0 saturated heterocycles. The van der Waals surface area contributed by atoms with Crippen molar-refractivity contribution in [2.24, 2.45) is 0 Å². The molecule has 17 heavy (non-hydrogen) atoms. The van der Waals surface area contributed by atoms with Gasteiger partial charge >= 0.3 is 0 Å². The van der Waals surface area contributed by atoms with Gasteiger partial charge in [0, 0.05) is 12.1 Å². The predicted molar refractivity (Wildman–Crippen MR) is 71.1 cm³/mol. The molecular formula is C15H19NO. The molecule has 1 aliphatic rings. The molecule has 0 radical (unpaired) electrons. The Labute approximate surface area is 102 Å². The molecule has 2 nitrogen and oxygen atoms in total. The van der Waals surface area contributed by atoms with Crippen molar-refractivity contribution < 1.29 is 4.79 Å². The van der Waals surface area contributed by atoms with E-state index in [2.05, 4.69) is 12.2 Å². The van der Waals surface area contributed by atoms with E-state index >= 15 is 0 Å². The van der Waals surface area contributed by atoms with E-state index in [1.165, 1.54) is 24.5 Å². The van der Waals surface area contributed by atoms with Crippen molar-refractivity contribution in [1.82, 2.24) is 5.32 Å². The van der Waals surface area contributed by atoms with Crippen molar-refractivity contribution in [3.8, 4) is 0 Å². The summed E-state index contributed by atoms with van der Waals surface area (Å²) in [5, 5.41) is 5.24. The molecule has 1 aliphatic carbocycles. The van der Waals surface area contributed by atoms with Gasteiger partial charge in [-0.25, -0.2) is 0 Å². The number of unbranched alkanes of at least 4 members (excludes halogenated alkanes) is 3. The molecule has 0 atom stereocenters. The van der Waals surface area contributed by atoms with Gasteiger partial charge in [0.1, 0.15) is 0 Å². The molecule has 1 N–H and O–H groups in total. The zero-order chi connectivity index (χ0) is 12.1. The standard InChI is InChI=1S/C15H19NO/c1-2-3-4-5-11-16-15(17)14-8-6-7-12-9-10-13(12)14/h6-10H,2-5,11H2,1H3,(H,16,17). The summed E-state index contributed by atoms with van der Waals surface area (Å²) in [6.45, 7) is 2.97. The minimum Gasteiger partial charge on any atom is -0.352 e. The molecular weight excluding hydrogens is 210 g/mol. The minimum absolute atomic E-state index is 0.0581. The van der Waals surface area contributed by atoms with Gasteiger partial charge in [0.15, 0.2) is 0 Å². The third kappa shape index (κ3) is 2.76. The Morgan fingerprint density at radius 1 is 1.18 bits per heavy atom. The third-order valence-electron chi connectivity index (χ3n) is 3.13. The zero-order valence-electron chi connectivity index (χ0n) is 10.3. The molecule has 0 fully saturated rings. The number of benzene rings is 1. The first kappa shape index (κ1) is 11.9. The Hall–Kier alpha value is -1.57. The summed E-state index contributed by atoms with van der Waals surface area (Å²) in [5.41, 5.74) is 0.806. The Bertz CT molecular complexity index is 516. The second kappa shape index (κ2) is 5.67. The van der Waals surface area contributed by atoms with Crippen LogP contribution < -0.4 is 15.8 Å². The summed E-state index contributed by atoms with van der Waals surface area (Å²) in [6.07, 6.45) is 8.78. The van der Waals surface area contributed by atoms with Crippen LogP contribution in [0.15, 0.2) is 18.2 Å². The van der Waals surface area contributed by atoms with Gasteiger partial charge in [0.2, 0.25) is 0 Å². The highest BCUT2D eigenvalue weighted by atomic mass is 16.1. The van der Waals surface area contributed by atoms with Gasteiger partial charge in [0.05, 0.1) is 0 Å². The Morgan fingerprint density at radius 2 is 2.06 bits per heavy atom. The predicted octanol–water partition coefficient (Wildman–Crippen LogP) is 1.57. The Morgan fingerprint density at radius 3 is 2.76 bits per heavy atom. The second-order valence-corrected chi connectivity index (χ2v) is 4.46. The highest BCUT2D eigenvalue weighted by Gasteiger charge is 2.08. The maximum atomic E-state index is 11.9. The lowest BCUT2D eigenvalue weighted by molar-refractivity contribution is 0.0952. The molecule has 2 rings (SSSR count). The first-order valence-electron chi connectivity index (χ1n) is 6.42. The summed E-state index contributed by atoms with van der Waals surface area (Å²) in [7, 11) is 0. The molecule has 0 saturated carbocycles. The SMILES string of the molecule is CCCCCCNC(=O)c1cccc2c1=CC=2. The van der Waals surface area contributed by atoms with Crippen LogP contribution in [0.2, 0.25) is 0 Å². The fourth-order valence-corrected chi connectivity index (χ4v) is 2.04. The molecule has 0 aliphatic heterocycles. The fourth-order valence-electron chi connectivity index (χ4n) is 2.04. The first-order valence-corrected chi connectivity index (χ1v) is 6.42. The van der Waals surface area contributed by atoms with Gasteiger partial charge in [-0.2, -0.15) is 0 Å². The monoisotopic (exact) mass is 229 g/mol. The molecule has 2 heteroatoms. The van der Waals surface area contributed by atoms with Crippen LogP contribution in [-0.4, -0.2) is 12.5 Å². The molecule has 90 valence electrons. The van der Waals surface area contributed by atoms with Crippen LogP contribution in [0.25, 0.3) is 12.2 Å². The van der Waals surface area contributed by atoms with Gasteiger partial charge < -0.3 is 5.32 Å². The average Bonchev–Trinajstić information content (AvgIpc) is 2.30. The molecule has 0 heterocycles. The summed E-state index contributed by atoms with van der Waals surface area (Å²) in [6, 6.07) is 5.87. The van der Waals surface area contributed by atoms with Crippen LogP contribution >= 0.6 is 0 Å². The van der Waals surface area contributed by atoms with E-state index in [4.69, 9.17) is 0 Å². The maximum absolute atomic E-state index is 11.9. The van der Waals surface area contributed by atoms with E-state index in [0.717, 1.165) is 23.7 Å². The van der Waals surface area contributed by atoms with Crippen LogP contribution in [0.3, 0.4) is 0 Å². The number of hydrogen-bond donors (Lipinski definition) is 1. The largest absolute Gasteiger partial charge is 0.352 e. The van der Waals surface area contributed by atoms with Crippen LogP contribution in [0, 0.1) is 0 Å². The van der Waals surface area contributed by atoms with Crippen molar-refractivity contribution in [3.05, 3.63) is 34.2 Å². The van der Waals surface area contributed by atoms with Crippen molar-refractivity contribution in [2.75, 3.05) is 6.54 Å².